The monoisotopic (exact) mass is 280 g/mol. The van der Waals surface area contributed by atoms with E-state index >= 15 is 0 Å². The van der Waals surface area contributed by atoms with E-state index in [0.29, 0.717) is 0 Å². The number of rotatable bonds is 5. The van der Waals surface area contributed by atoms with Crippen LogP contribution in [0.25, 0.3) is 0 Å². The summed E-state index contributed by atoms with van der Waals surface area (Å²) >= 11 is 0. The third-order valence-corrected chi connectivity index (χ3v) is 3.47. The number of hydrogen-bond acceptors (Lipinski definition) is 0. The van der Waals surface area contributed by atoms with Crippen molar-refractivity contribution in [2.75, 3.05) is 0 Å². The Labute approximate surface area is 127 Å². The van der Waals surface area contributed by atoms with Crippen LogP contribution >= 0.6 is 0 Å². The van der Waals surface area contributed by atoms with Gasteiger partial charge in [-0.15, -0.1) is 0 Å². The van der Waals surface area contributed by atoms with Gasteiger partial charge in [-0.05, 0) is 54.8 Å². The topological polar surface area (TPSA) is 0 Å². The molecular weight excluding hydrogens is 259 g/mol. The molecule has 0 radical (unpaired) electrons. The maximum absolute atomic E-state index is 12.8. The lowest BCUT2D eigenvalue weighted by atomic mass is 10.0. The van der Waals surface area contributed by atoms with Gasteiger partial charge in [-0.1, -0.05) is 50.2 Å². The minimum Gasteiger partial charge on any atom is -0.207 e. The molecule has 0 aliphatic heterocycles. The first-order valence-electron chi connectivity index (χ1n) is 7.64. The zero-order chi connectivity index (χ0) is 14.9. The summed E-state index contributed by atoms with van der Waals surface area (Å²) in [5, 5.41) is 0. The molecule has 0 unspecified atom stereocenters. The summed E-state index contributed by atoms with van der Waals surface area (Å²) in [5.74, 6) is 5.93. The predicted molar refractivity (Wildman–Crippen MR) is 86.7 cm³/mol. The summed E-state index contributed by atoms with van der Waals surface area (Å²) in [7, 11) is 0. The average molecular weight is 280 g/mol. The van der Waals surface area contributed by atoms with Crippen molar-refractivity contribution >= 4 is 0 Å². The normalized spacial score (nSPS) is 10.0. The van der Waals surface area contributed by atoms with Crippen molar-refractivity contribution in [3.05, 3.63) is 71.0 Å². The average Bonchev–Trinajstić information content (AvgIpc) is 2.52. The van der Waals surface area contributed by atoms with Gasteiger partial charge in [0.15, 0.2) is 0 Å². The number of halogens is 1. The second kappa shape index (κ2) is 8.27. The van der Waals surface area contributed by atoms with Crippen molar-refractivity contribution in [3.63, 3.8) is 0 Å². The molecule has 2 aromatic rings. The van der Waals surface area contributed by atoms with E-state index in [0.717, 1.165) is 17.5 Å². The van der Waals surface area contributed by atoms with Gasteiger partial charge in [0.2, 0.25) is 0 Å². The highest BCUT2D eigenvalue weighted by Gasteiger charge is 1.94. The molecule has 0 amide bonds. The van der Waals surface area contributed by atoms with Crippen LogP contribution in [-0.2, 0) is 6.42 Å². The Kier molecular flexibility index (Phi) is 6.03. The van der Waals surface area contributed by atoms with E-state index in [9.17, 15) is 4.39 Å². The van der Waals surface area contributed by atoms with E-state index in [1.165, 1.54) is 43.4 Å². The zero-order valence-electron chi connectivity index (χ0n) is 12.5. The van der Waals surface area contributed by atoms with Crippen LogP contribution in [0.1, 0.15) is 49.3 Å². The molecule has 0 nitrogen and oxygen atoms in total. The van der Waals surface area contributed by atoms with Gasteiger partial charge in [-0.25, -0.2) is 4.39 Å². The lowest BCUT2D eigenvalue weighted by Crippen LogP contribution is -1.86. The molecule has 0 heterocycles. The molecule has 0 bridgehead atoms. The van der Waals surface area contributed by atoms with Crippen molar-refractivity contribution in [2.24, 2.45) is 0 Å². The molecule has 1 heteroatoms. The lowest BCUT2D eigenvalue weighted by Gasteiger charge is -2.01. The molecule has 21 heavy (non-hydrogen) atoms. The van der Waals surface area contributed by atoms with Gasteiger partial charge >= 0.3 is 0 Å². The smallest absolute Gasteiger partial charge is 0.123 e. The van der Waals surface area contributed by atoms with E-state index in [4.69, 9.17) is 0 Å². The van der Waals surface area contributed by atoms with Crippen LogP contribution in [0.5, 0.6) is 0 Å². The van der Waals surface area contributed by atoms with E-state index in [-0.39, 0.29) is 5.82 Å². The molecule has 2 rings (SSSR count). The van der Waals surface area contributed by atoms with E-state index < -0.39 is 0 Å². The number of benzene rings is 2. The molecule has 0 spiro atoms. The summed E-state index contributed by atoms with van der Waals surface area (Å²) in [6.07, 6.45) is 6.31. The second-order valence-electron chi connectivity index (χ2n) is 5.26. The van der Waals surface area contributed by atoms with Crippen LogP contribution in [0.15, 0.2) is 48.5 Å². The summed E-state index contributed by atoms with van der Waals surface area (Å²) in [6, 6.07) is 14.7. The maximum Gasteiger partial charge on any atom is 0.123 e. The minimum absolute atomic E-state index is 0.229. The van der Waals surface area contributed by atoms with Gasteiger partial charge in [-0.2, -0.15) is 0 Å². The highest BCUT2D eigenvalue weighted by atomic mass is 19.1. The molecule has 0 fully saturated rings. The van der Waals surface area contributed by atoms with Gasteiger partial charge in [-0.3, -0.25) is 0 Å². The molecule has 2 aromatic carbocycles. The number of aryl methyl sites for hydroxylation is 1. The van der Waals surface area contributed by atoms with Crippen LogP contribution in [0.3, 0.4) is 0 Å². The Morgan fingerprint density at radius 3 is 1.90 bits per heavy atom. The molecule has 0 atom stereocenters. The van der Waals surface area contributed by atoms with Crippen molar-refractivity contribution in [1.29, 1.82) is 0 Å². The molecule has 0 aromatic heterocycles. The van der Waals surface area contributed by atoms with Gasteiger partial charge in [0.05, 0.1) is 0 Å². The van der Waals surface area contributed by atoms with Gasteiger partial charge < -0.3 is 0 Å². The molecule has 0 saturated heterocycles. The Balaban J connectivity index is 1.92. The second-order valence-corrected chi connectivity index (χ2v) is 5.26. The first-order chi connectivity index (χ1) is 10.3. The molecule has 0 aliphatic carbocycles. The fourth-order valence-electron chi connectivity index (χ4n) is 2.19. The largest absolute Gasteiger partial charge is 0.207 e. The van der Waals surface area contributed by atoms with Crippen molar-refractivity contribution in [1.82, 2.24) is 0 Å². The quantitative estimate of drug-likeness (QED) is 0.511. The third kappa shape index (κ3) is 5.44. The summed E-state index contributed by atoms with van der Waals surface area (Å²) in [4.78, 5) is 0. The fraction of sp³-hybridized carbons (Fsp3) is 0.300. The summed E-state index contributed by atoms with van der Waals surface area (Å²) < 4.78 is 12.8. The molecule has 0 aliphatic rings. The number of unbranched alkanes of at least 4 members (excludes halogenated alkanes) is 3. The zero-order valence-corrected chi connectivity index (χ0v) is 12.5. The van der Waals surface area contributed by atoms with Gasteiger partial charge in [0.1, 0.15) is 5.82 Å². The van der Waals surface area contributed by atoms with E-state index in [2.05, 4.69) is 43.0 Å². The Morgan fingerprint density at radius 2 is 1.33 bits per heavy atom. The van der Waals surface area contributed by atoms with Crippen molar-refractivity contribution in [2.45, 2.75) is 39.0 Å². The number of hydrogen-bond donors (Lipinski definition) is 0. The SMILES string of the molecule is CCCCCCc1ccc(C#Cc2ccc(F)cc2)cc1. The van der Waals surface area contributed by atoms with Crippen molar-refractivity contribution < 1.29 is 4.39 Å². The van der Waals surface area contributed by atoms with Crippen LogP contribution in [0, 0.1) is 17.7 Å². The predicted octanol–water partition coefficient (Wildman–Crippen LogP) is 5.35. The lowest BCUT2D eigenvalue weighted by molar-refractivity contribution is 0.627. The molecule has 108 valence electrons. The molecule has 0 N–H and O–H groups in total. The van der Waals surface area contributed by atoms with Crippen LogP contribution in [-0.4, -0.2) is 0 Å². The van der Waals surface area contributed by atoms with Crippen molar-refractivity contribution in [3.8, 4) is 11.8 Å². The first kappa shape index (κ1) is 15.3. The van der Waals surface area contributed by atoms with E-state index in [1.807, 2.05) is 0 Å². The van der Waals surface area contributed by atoms with Crippen LogP contribution < -0.4 is 0 Å². The summed E-state index contributed by atoms with van der Waals surface area (Å²) in [5.41, 5.74) is 3.20. The third-order valence-electron chi connectivity index (χ3n) is 3.47. The highest BCUT2D eigenvalue weighted by Crippen LogP contribution is 2.09. The van der Waals surface area contributed by atoms with Gasteiger partial charge in [0.25, 0.3) is 0 Å². The Morgan fingerprint density at radius 1 is 0.762 bits per heavy atom. The van der Waals surface area contributed by atoms with Crippen LogP contribution in [0.2, 0.25) is 0 Å². The first-order valence-corrected chi connectivity index (χ1v) is 7.64. The molecule has 0 saturated carbocycles. The van der Waals surface area contributed by atoms with E-state index in [1.54, 1.807) is 12.1 Å². The fourth-order valence-corrected chi connectivity index (χ4v) is 2.19. The Hall–Kier alpha value is -2.07. The standard InChI is InChI=1S/C20H21F/c1-2-3-4-5-6-17-7-9-18(10-8-17)11-12-19-13-15-20(21)16-14-19/h7-10,13-16H,2-6H2,1H3. The minimum atomic E-state index is -0.229. The van der Waals surface area contributed by atoms with Gasteiger partial charge in [0, 0.05) is 11.1 Å². The highest BCUT2D eigenvalue weighted by molar-refractivity contribution is 5.43. The van der Waals surface area contributed by atoms with Crippen LogP contribution in [0.4, 0.5) is 4.39 Å². The maximum atomic E-state index is 12.8. The molecular formula is C20H21F. The Bertz CT molecular complexity index is 597. The summed E-state index contributed by atoms with van der Waals surface area (Å²) in [6.45, 7) is 2.23.